The molecule has 0 atom stereocenters. The van der Waals surface area contributed by atoms with Gasteiger partial charge in [0.15, 0.2) is 11.5 Å². The van der Waals surface area contributed by atoms with E-state index in [1.54, 1.807) is 12.1 Å². The molecule has 0 bridgehead atoms. The Labute approximate surface area is 151 Å². The summed E-state index contributed by atoms with van der Waals surface area (Å²) in [6.07, 6.45) is 0. The molecule has 25 heavy (non-hydrogen) atoms. The Bertz CT molecular complexity index is 1020. The van der Waals surface area contributed by atoms with Gasteiger partial charge in [0.2, 0.25) is 11.2 Å². The number of hydrogen-bond donors (Lipinski definition) is 2. The van der Waals surface area contributed by atoms with Crippen molar-refractivity contribution in [1.82, 2.24) is 0 Å². The Balaban J connectivity index is 0.00000182. The number of nitrogens with one attached hydrogen (secondary N) is 1. The molecular formula is C21H16ClNO2. The molecule has 0 spiro atoms. The highest BCUT2D eigenvalue weighted by Gasteiger charge is 2.17. The normalized spacial score (nSPS) is 10.4. The number of rotatable bonds is 2. The average molecular weight is 350 g/mol. The van der Waals surface area contributed by atoms with Crippen LogP contribution in [0, 0.1) is 0 Å². The first-order valence-corrected chi connectivity index (χ1v) is 7.75. The van der Waals surface area contributed by atoms with Crippen LogP contribution in [-0.4, -0.2) is 10.2 Å². The van der Waals surface area contributed by atoms with Gasteiger partial charge in [0.25, 0.3) is 0 Å². The summed E-state index contributed by atoms with van der Waals surface area (Å²) in [6.45, 7) is 0. The standard InChI is InChI=1S/C21H15NO2.ClH/c23-20-12-17-16(14-7-3-1-4-8-14)11-18(15-9-5-2-6-10-15)22-19(17)13-21(20)24;/h1-13,23-24H;1H. The zero-order chi connectivity index (χ0) is 16.5. The van der Waals surface area contributed by atoms with E-state index in [0.717, 1.165) is 33.3 Å². The molecule has 0 radical (unpaired) electrons. The van der Waals surface area contributed by atoms with E-state index in [0.29, 0.717) is 0 Å². The van der Waals surface area contributed by atoms with Crippen molar-refractivity contribution in [2.45, 2.75) is 0 Å². The maximum atomic E-state index is 9.91. The van der Waals surface area contributed by atoms with Crippen molar-refractivity contribution < 1.29 is 27.6 Å². The van der Waals surface area contributed by atoms with E-state index in [4.69, 9.17) is 0 Å². The van der Waals surface area contributed by atoms with Crippen molar-refractivity contribution in [2.75, 3.05) is 0 Å². The van der Waals surface area contributed by atoms with Gasteiger partial charge in [-0.25, -0.2) is 4.98 Å². The van der Waals surface area contributed by atoms with E-state index in [1.165, 1.54) is 0 Å². The van der Waals surface area contributed by atoms with E-state index >= 15 is 0 Å². The Hall–Kier alpha value is -3.04. The van der Waals surface area contributed by atoms with Crippen LogP contribution in [0.5, 0.6) is 11.5 Å². The van der Waals surface area contributed by atoms with Gasteiger partial charge < -0.3 is 22.6 Å². The Morgan fingerprint density at radius 2 is 1.20 bits per heavy atom. The number of pyridine rings is 1. The summed E-state index contributed by atoms with van der Waals surface area (Å²) in [6, 6.07) is 25.3. The van der Waals surface area contributed by atoms with E-state index in [1.807, 2.05) is 60.7 Å². The third-order valence-electron chi connectivity index (χ3n) is 4.13. The molecule has 0 fully saturated rings. The van der Waals surface area contributed by atoms with Crippen LogP contribution in [-0.2, 0) is 0 Å². The number of hydrogen-bond acceptors (Lipinski definition) is 2. The Kier molecular flexibility index (Phi) is 4.59. The molecule has 4 rings (SSSR count). The van der Waals surface area contributed by atoms with Crippen molar-refractivity contribution in [1.29, 1.82) is 0 Å². The fourth-order valence-corrected chi connectivity index (χ4v) is 2.94. The van der Waals surface area contributed by atoms with Crippen LogP contribution in [0.25, 0.3) is 33.3 Å². The molecule has 0 saturated carbocycles. The third kappa shape index (κ3) is 3.14. The van der Waals surface area contributed by atoms with Gasteiger partial charge in [-0.3, -0.25) is 0 Å². The van der Waals surface area contributed by atoms with Crippen molar-refractivity contribution in [3.05, 3.63) is 78.9 Å². The Morgan fingerprint density at radius 1 is 0.640 bits per heavy atom. The van der Waals surface area contributed by atoms with Crippen molar-refractivity contribution in [3.8, 4) is 33.9 Å². The molecule has 0 unspecified atom stereocenters. The van der Waals surface area contributed by atoms with Crippen LogP contribution < -0.4 is 17.4 Å². The second kappa shape index (κ2) is 6.83. The highest BCUT2D eigenvalue weighted by atomic mass is 35.5. The smallest absolute Gasteiger partial charge is 0.215 e. The number of halogens is 1. The second-order valence-electron chi connectivity index (χ2n) is 5.72. The topological polar surface area (TPSA) is 54.6 Å². The molecule has 0 amide bonds. The fourth-order valence-electron chi connectivity index (χ4n) is 2.94. The number of aromatic hydroxyl groups is 2. The highest BCUT2D eigenvalue weighted by molar-refractivity contribution is 5.96. The second-order valence-corrected chi connectivity index (χ2v) is 5.72. The number of benzene rings is 3. The van der Waals surface area contributed by atoms with Gasteiger partial charge in [-0.05, 0) is 23.8 Å². The number of phenolic OH excluding ortho intramolecular Hbond substituents is 2. The zero-order valence-electron chi connectivity index (χ0n) is 13.3. The molecule has 124 valence electrons. The van der Waals surface area contributed by atoms with Crippen molar-refractivity contribution in [3.63, 3.8) is 0 Å². The van der Waals surface area contributed by atoms with Gasteiger partial charge in [0.05, 0.1) is 11.5 Å². The molecule has 3 aromatic carbocycles. The molecule has 1 heterocycles. The summed E-state index contributed by atoms with van der Waals surface area (Å²) >= 11 is 0. The first kappa shape index (κ1) is 16.8. The molecule has 1 aromatic heterocycles. The maximum absolute atomic E-state index is 9.91. The van der Waals surface area contributed by atoms with Gasteiger partial charge in [-0.15, -0.1) is 0 Å². The SMILES string of the molecule is Oc1cc2[nH+]c(-c3ccccc3)cc(-c3ccccc3)c2cc1O.[Cl-]. The molecule has 0 aliphatic rings. The van der Waals surface area contributed by atoms with E-state index in [-0.39, 0.29) is 23.9 Å². The molecule has 4 heteroatoms. The quantitative estimate of drug-likeness (QED) is 0.538. The fraction of sp³-hybridized carbons (Fsp3) is 0. The van der Waals surface area contributed by atoms with Crippen LogP contribution in [0.1, 0.15) is 0 Å². The first-order chi connectivity index (χ1) is 11.7. The third-order valence-corrected chi connectivity index (χ3v) is 4.13. The summed E-state index contributed by atoms with van der Waals surface area (Å²) in [5.41, 5.74) is 4.83. The molecular weight excluding hydrogens is 334 g/mol. The molecule has 0 aliphatic heterocycles. The number of phenols is 2. The predicted molar refractivity (Wildman–Crippen MR) is 94.7 cm³/mol. The minimum absolute atomic E-state index is 0. The lowest BCUT2D eigenvalue weighted by molar-refractivity contribution is -0.330. The average Bonchev–Trinajstić information content (AvgIpc) is 2.63. The lowest BCUT2D eigenvalue weighted by Crippen LogP contribution is -3.00. The zero-order valence-corrected chi connectivity index (χ0v) is 14.0. The van der Waals surface area contributed by atoms with Crippen molar-refractivity contribution >= 4 is 10.9 Å². The van der Waals surface area contributed by atoms with Crippen LogP contribution in [0.3, 0.4) is 0 Å². The number of aromatic nitrogens is 1. The predicted octanol–water partition coefficient (Wildman–Crippen LogP) is 1.40. The van der Waals surface area contributed by atoms with Gasteiger partial charge in [-0.2, -0.15) is 0 Å². The Morgan fingerprint density at radius 3 is 1.84 bits per heavy atom. The molecule has 0 saturated heterocycles. The number of H-pyrrole nitrogens is 1. The maximum Gasteiger partial charge on any atom is 0.215 e. The number of fused-ring (bicyclic) bond motifs is 1. The van der Waals surface area contributed by atoms with E-state index in [2.05, 4.69) is 11.1 Å². The lowest BCUT2D eigenvalue weighted by Gasteiger charge is -2.07. The van der Waals surface area contributed by atoms with Gasteiger partial charge in [0, 0.05) is 17.2 Å². The summed E-state index contributed by atoms with van der Waals surface area (Å²) in [5, 5.41) is 20.6. The summed E-state index contributed by atoms with van der Waals surface area (Å²) in [7, 11) is 0. The van der Waals surface area contributed by atoms with Crippen LogP contribution in [0.4, 0.5) is 0 Å². The molecule has 3 N–H and O–H groups in total. The van der Waals surface area contributed by atoms with Crippen LogP contribution >= 0.6 is 0 Å². The van der Waals surface area contributed by atoms with Crippen molar-refractivity contribution in [2.24, 2.45) is 0 Å². The minimum Gasteiger partial charge on any atom is -1.00 e. The molecule has 4 aromatic rings. The van der Waals surface area contributed by atoms with E-state index in [9.17, 15) is 10.2 Å². The summed E-state index contributed by atoms with van der Waals surface area (Å²) in [5.74, 6) is -0.261. The van der Waals surface area contributed by atoms with Gasteiger partial charge in [-0.1, -0.05) is 48.5 Å². The van der Waals surface area contributed by atoms with E-state index < -0.39 is 0 Å². The van der Waals surface area contributed by atoms with Gasteiger partial charge >= 0.3 is 0 Å². The minimum atomic E-state index is -0.136. The number of aromatic amines is 1. The van der Waals surface area contributed by atoms with Crippen LogP contribution in [0.2, 0.25) is 0 Å². The highest BCUT2D eigenvalue weighted by Crippen LogP contribution is 2.35. The lowest BCUT2D eigenvalue weighted by atomic mass is 9.98. The summed E-state index contributed by atoms with van der Waals surface area (Å²) in [4.78, 5) is 3.35. The first-order valence-electron chi connectivity index (χ1n) is 7.75. The van der Waals surface area contributed by atoms with Gasteiger partial charge in [0.1, 0.15) is 0 Å². The molecule has 0 aliphatic carbocycles. The van der Waals surface area contributed by atoms with Crippen LogP contribution in [0.15, 0.2) is 78.9 Å². The largest absolute Gasteiger partial charge is 1.00 e. The summed E-state index contributed by atoms with van der Waals surface area (Å²) < 4.78 is 0. The molecule has 3 nitrogen and oxygen atoms in total. The monoisotopic (exact) mass is 349 g/mol.